The third-order valence-electron chi connectivity index (χ3n) is 5.37. The fourth-order valence-corrected chi connectivity index (χ4v) is 3.40. The summed E-state index contributed by atoms with van der Waals surface area (Å²) in [6.45, 7) is 12.1. The van der Waals surface area contributed by atoms with Crippen molar-refractivity contribution in [3.8, 4) is 5.75 Å². The molecule has 1 aliphatic heterocycles. The maximum atomic E-state index is 5.36. The van der Waals surface area contributed by atoms with Gasteiger partial charge in [0.2, 0.25) is 0 Å². The molecule has 0 atom stereocenters. The van der Waals surface area contributed by atoms with Crippen molar-refractivity contribution in [2.45, 2.75) is 58.0 Å². The highest BCUT2D eigenvalue weighted by atomic mass is 127. The standard InChI is InChI=1S/C21H36N4O.HI/c1-16(2)25-12-10-18(11-13-25)24-20(22-5)23-15-21(3,4)17-8-7-9-19(14-17)26-6;/h7-9,14,16,18H,10-13,15H2,1-6H3,(H2,22,23,24);1H. The van der Waals surface area contributed by atoms with Crippen LogP contribution in [0.3, 0.4) is 0 Å². The number of methoxy groups -OCH3 is 1. The summed E-state index contributed by atoms with van der Waals surface area (Å²) >= 11 is 0. The Labute approximate surface area is 182 Å². The Bertz CT molecular complexity index is 596. The number of aliphatic imine (C=N–C) groups is 1. The molecule has 0 unspecified atom stereocenters. The quantitative estimate of drug-likeness (QED) is 0.365. The Hall–Kier alpha value is -1.02. The van der Waals surface area contributed by atoms with E-state index in [2.05, 4.69) is 60.4 Å². The van der Waals surface area contributed by atoms with Gasteiger partial charge in [-0.2, -0.15) is 0 Å². The minimum absolute atomic E-state index is 0. The number of guanidine groups is 1. The number of likely N-dealkylation sites (tertiary alicyclic amines) is 1. The first kappa shape index (κ1) is 24.0. The van der Waals surface area contributed by atoms with Gasteiger partial charge in [-0.05, 0) is 44.4 Å². The molecule has 0 saturated carbocycles. The van der Waals surface area contributed by atoms with Crippen LogP contribution in [0.15, 0.2) is 29.3 Å². The summed E-state index contributed by atoms with van der Waals surface area (Å²) < 4.78 is 5.36. The summed E-state index contributed by atoms with van der Waals surface area (Å²) in [6, 6.07) is 9.43. The van der Waals surface area contributed by atoms with Crippen LogP contribution in [0.25, 0.3) is 0 Å². The van der Waals surface area contributed by atoms with Gasteiger partial charge in [0.1, 0.15) is 5.75 Å². The highest BCUT2D eigenvalue weighted by Crippen LogP contribution is 2.25. The van der Waals surface area contributed by atoms with Gasteiger partial charge in [0.25, 0.3) is 0 Å². The zero-order valence-corrected chi connectivity index (χ0v) is 20.0. The lowest BCUT2D eigenvalue weighted by molar-refractivity contribution is 0.167. The molecule has 154 valence electrons. The number of nitrogens with one attached hydrogen (secondary N) is 2. The van der Waals surface area contributed by atoms with Gasteiger partial charge in [0.05, 0.1) is 7.11 Å². The number of nitrogens with zero attached hydrogens (tertiary/aromatic N) is 2. The molecule has 0 aliphatic carbocycles. The number of hydrogen-bond donors (Lipinski definition) is 2. The Morgan fingerprint density at radius 1 is 1.30 bits per heavy atom. The lowest BCUT2D eigenvalue weighted by Gasteiger charge is -2.35. The summed E-state index contributed by atoms with van der Waals surface area (Å²) in [4.78, 5) is 6.96. The number of piperidine rings is 1. The van der Waals surface area contributed by atoms with Gasteiger partial charge in [-0.3, -0.25) is 4.99 Å². The molecule has 1 aliphatic rings. The first-order chi connectivity index (χ1) is 12.4. The van der Waals surface area contributed by atoms with Gasteiger partial charge < -0.3 is 20.3 Å². The van der Waals surface area contributed by atoms with E-state index in [1.807, 2.05) is 19.2 Å². The predicted octanol–water partition coefficient (Wildman–Crippen LogP) is 3.63. The number of halogens is 1. The molecule has 1 aromatic rings. The topological polar surface area (TPSA) is 48.9 Å². The van der Waals surface area contributed by atoms with E-state index >= 15 is 0 Å². The first-order valence-corrected chi connectivity index (χ1v) is 9.71. The summed E-state index contributed by atoms with van der Waals surface area (Å²) in [5.74, 6) is 1.79. The molecule has 6 heteroatoms. The monoisotopic (exact) mass is 488 g/mol. The molecular weight excluding hydrogens is 451 g/mol. The molecule has 0 bridgehead atoms. The third-order valence-corrected chi connectivity index (χ3v) is 5.37. The summed E-state index contributed by atoms with van der Waals surface area (Å²) in [6.07, 6.45) is 2.33. The van der Waals surface area contributed by atoms with Crippen LogP contribution >= 0.6 is 24.0 Å². The molecule has 1 aromatic carbocycles. The van der Waals surface area contributed by atoms with Crippen LogP contribution in [0.5, 0.6) is 5.75 Å². The zero-order chi connectivity index (χ0) is 19.2. The lowest BCUT2D eigenvalue weighted by Crippen LogP contribution is -2.51. The molecular formula is C21H37IN4O. The SMILES string of the molecule is CN=C(NCC(C)(C)c1cccc(OC)c1)NC1CCN(C(C)C)CC1.I. The van der Waals surface area contributed by atoms with Crippen LogP contribution in [-0.4, -0.2) is 56.7 Å². The smallest absolute Gasteiger partial charge is 0.191 e. The molecule has 0 amide bonds. The van der Waals surface area contributed by atoms with Crippen LogP contribution in [0.2, 0.25) is 0 Å². The molecule has 0 aromatic heterocycles. The minimum Gasteiger partial charge on any atom is -0.497 e. The van der Waals surface area contributed by atoms with E-state index < -0.39 is 0 Å². The highest BCUT2D eigenvalue weighted by molar-refractivity contribution is 14.0. The second-order valence-electron chi connectivity index (χ2n) is 8.09. The van der Waals surface area contributed by atoms with E-state index in [1.165, 1.54) is 5.56 Å². The third kappa shape index (κ3) is 7.14. The van der Waals surface area contributed by atoms with Gasteiger partial charge in [-0.15, -0.1) is 24.0 Å². The largest absolute Gasteiger partial charge is 0.497 e. The summed E-state index contributed by atoms with van der Waals surface area (Å²) in [5.41, 5.74) is 1.23. The number of hydrogen-bond acceptors (Lipinski definition) is 3. The minimum atomic E-state index is -0.0207. The maximum absolute atomic E-state index is 5.36. The van der Waals surface area contributed by atoms with Crippen LogP contribution in [0.4, 0.5) is 0 Å². The molecule has 1 fully saturated rings. The van der Waals surface area contributed by atoms with Crippen molar-refractivity contribution in [3.05, 3.63) is 29.8 Å². The molecule has 0 spiro atoms. The van der Waals surface area contributed by atoms with E-state index in [9.17, 15) is 0 Å². The molecule has 5 nitrogen and oxygen atoms in total. The molecule has 2 N–H and O–H groups in total. The average Bonchev–Trinajstić information content (AvgIpc) is 2.65. The average molecular weight is 488 g/mol. The van der Waals surface area contributed by atoms with E-state index in [0.29, 0.717) is 12.1 Å². The Morgan fingerprint density at radius 2 is 1.96 bits per heavy atom. The van der Waals surface area contributed by atoms with Gasteiger partial charge >= 0.3 is 0 Å². The van der Waals surface area contributed by atoms with Crippen molar-refractivity contribution < 1.29 is 4.74 Å². The normalized spacial score (nSPS) is 16.8. The Morgan fingerprint density at radius 3 is 2.52 bits per heavy atom. The Balaban J connectivity index is 0.00000364. The van der Waals surface area contributed by atoms with Crippen molar-refractivity contribution in [2.75, 3.05) is 33.8 Å². The van der Waals surface area contributed by atoms with Gasteiger partial charge in [0.15, 0.2) is 5.96 Å². The van der Waals surface area contributed by atoms with Crippen molar-refractivity contribution >= 4 is 29.9 Å². The van der Waals surface area contributed by atoms with Crippen molar-refractivity contribution in [1.29, 1.82) is 0 Å². The van der Waals surface area contributed by atoms with Crippen molar-refractivity contribution in [1.82, 2.24) is 15.5 Å². The van der Waals surface area contributed by atoms with Crippen LogP contribution in [0.1, 0.15) is 46.1 Å². The second kappa shape index (κ2) is 11.1. The molecule has 27 heavy (non-hydrogen) atoms. The first-order valence-electron chi connectivity index (χ1n) is 9.71. The van der Waals surface area contributed by atoms with Gasteiger partial charge in [-0.25, -0.2) is 0 Å². The van der Waals surface area contributed by atoms with Crippen molar-refractivity contribution in [2.24, 2.45) is 4.99 Å². The van der Waals surface area contributed by atoms with Crippen LogP contribution < -0.4 is 15.4 Å². The van der Waals surface area contributed by atoms with Crippen molar-refractivity contribution in [3.63, 3.8) is 0 Å². The second-order valence-corrected chi connectivity index (χ2v) is 8.09. The number of ether oxygens (including phenoxy) is 1. The maximum Gasteiger partial charge on any atom is 0.191 e. The van der Waals surface area contributed by atoms with Crippen LogP contribution in [0, 0.1) is 0 Å². The molecule has 2 rings (SSSR count). The molecule has 1 saturated heterocycles. The number of benzene rings is 1. The van der Waals surface area contributed by atoms with Gasteiger partial charge in [0, 0.05) is 44.2 Å². The van der Waals surface area contributed by atoms with E-state index in [1.54, 1.807) is 7.11 Å². The lowest BCUT2D eigenvalue weighted by atomic mass is 9.84. The van der Waals surface area contributed by atoms with Gasteiger partial charge in [-0.1, -0.05) is 26.0 Å². The summed E-state index contributed by atoms with van der Waals surface area (Å²) in [5, 5.41) is 7.11. The summed E-state index contributed by atoms with van der Waals surface area (Å²) in [7, 11) is 3.55. The van der Waals surface area contributed by atoms with E-state index in [4.69, 9.17) is 4.74 Å². The van der Waals surface area contributed by atoms with E-state index in [0.717, 1.165) is 44.2 Å². The van der Waals surface area contributed by atoms with Crippen LogP contribution in [-0.2, 0) is 5.41 Å². The highest BCUT2D eigenvalue weighted by Gasteiger charge is 2.24. The molecule has 1 heterocycles. The number of rotatable bonds is 6. The van der Waals surface area contributed by atoms with E-state index in [-0.39, 0.29) is 29.4 Å². The predicted molar refractivity (Wildman–Crippen MR) is 126 cm³/mol. The fraction of sp³-hybridized carbons (Fsp3) is 0.667. The Kier molecular flexibility index (Phi) is 9.87. The molecule has 0 radical (unpaired) electrons. The fourth-order valence-electron chi connectivity index (χ4n) is 3.40. The zero-order valence-electron chi connectivity index (χ0n) is 17.7.